The van der Waals surface area contributed by atoms with Crippen LogP contribution in [0.2, 0.25) is 0 Å². The number of morpholine rings is 1. The van der Waals surface area contributed by atoms with Crippen molar-refractivity contribution in [2.24, 2.45) is 4.99 Å². The normalized spacial score (nSPS) is 13.9. The number of pyridine rings is 1. The second-order valence-electron chi connectivity index (χ2n) is 8.16. The van der Waals surface area contributed by atoms with Crippen molar-refractivity contribution in [3.63, 3.8) is 0 Å². The van der Waals surface area contributed by atoms with Gasteiger partial charge in [0.25, 0.3) is 0 Å². The van der Waals surface area contributed by atoms with Crippen LogP contribution in [0.5, 0.6) is 5.75 Å². The number of methoxy groups -OCH3 is 1. The van der Waals surface area contributed by atoms with E-state index in [0.717, 1.165) is 35.6 Å². The summed E-state index contributed by atoms with van der Waals surface area (Å²) in [6.45, 7) is 10.6. The number of allylic oxidation sites excluding steroid dienone is 3. The number of halogens is 1. The Kier molecular flexibility index (Phi) is 7.27. The van der Waals surface area contributed by atoms with Gasteiger partial charge in [-0.2, -0.15) is 0 Å². The summed E-state index contributed by atoms with van der Waals surface area (Å²) in [5, 5.41) is 0. The molecule has 0 amide bonds. The molecule has 7 nitrogen and oxygen atoms in total. The van der Waals surface area contributed by atoms with Crippen LogP contribution in [0, 0.1) is 5.82 Å². The first-order chi connectivity index (χ1) is 16.5. The Balaban J connectivity index is 1.78. The number of hydrogen-bond acceptors (Lipinski definition) is 7. The van der Waals surface area contributed by atoms with Crippen LogP contribution < -0.4 is 9.64 Å². The molecule has 0 spiro atoms. The number of aromatic nitrogens is 3. The number of aliphatic imine (C=N–C) groups is 1. The van der Waals surface area contributed by atoms with E-state index in [-0.39, 0.29) is 0 Å². The van der Waals surface area contributed by atoms with E-state index in [1.807, 2.05) is 19.9 Å². The molecular weight excluding hydrogens is 433 g/mol. The van der Waals surface area contributed by atoms with Gasteiger partial charge in [-0.05, 0) is 26.0 Å². The number of rotatable bonds is 7. The van der Waals surface area contributed by atoms with Crippen LogP contribution in [0.3, 0.4) is 0 Å². The van der Waals surface area contributed by atoms with Gasteiger partial charge in [0.05, 0.1) is 37.7 Å². The smallest absolute Gasteiger partial charge is 0.136 e. The molecule has 176 valence electrons. The van der Waals surface area contributed by atoms with Gasteiger partial charge >= 0.3 is 0 Å². The largest absolute Gasteiger partial charge is 0.496 e. The summed E-state index contributed by atoms with van der Waals surface area (Å²) >= 11 is 0. The van der Waals surface area contributed by atoms with Crippen molar-refractivity contribution in [3.8, 4) is 17.0 Å². The number of ether oxygens (including phenoxy) is 2. The van der Waals surface area contributed by atoms with E-state index in [4.69, 9.17) is 9.47 Å². The lowest BCUT2D eigenvalue weighted by Crippen LogP contribution is -2.36. The van der Waals surface area contributed by atoms with Crippen LogP contribution in [-0.4, -0.2) is 54.6 Å². The third-order valence-corrected chi connectivity index (χ3v) is 5.73. The van der Waals surface area contributed by atoms with Crippen LogP contribution in [0.4, 0.5) is 10.1 Å². The zero-order valence-electron chi connectivity index (χ0n) is 19.7. The standard InChI is InChI=1S/C26H28FN5O2/c1-5-6-28-22(17(2)3)12-18-11-20(21(27)14-24(18)33-4)25-26-23(30-16-31-25)13-19(15-29-26)32-7-9-34-10-8-32/h5-6,11,13-16H,1,7-10,12H2,2-4H3. The minimum Gasteiger partial charge on any atom is -0.496 e. The van der Waals surface area contributed by atoms with E-state index in [2.05, 4.69) is 31.4 Å². The highest BCUT2D eigenvalue weighted by Crippen LogP contribution is 2.34. The summed E-state index contributed by atoms with van der Waals surface area (Å²) in [5.41, 5.74) is 5.65. The summed E-state index contributed by atoms with van der Waals surface area (Å²) in [6, 6.07) is 5.12. The number of hydrogen-bond donors (Lipinski definition) is 0. The Morgan fingerprint density at radius 2 is 2.00 bits per heavy atom. The van der Waals surface area contributed by atoms with Gasteiger partial charge in [-0.15, -0.1) is 0 Å². The molecule has 0 radical (unpaired) electrons. The van der Waals surface area contributed by atoms with E-state index in [1.54, 1.807) is 24.6 Å². The van der Waals surface area contributed by atoms with Crippen LogP contribution in [-0.2, 0) is 11.2 Å². The minimum absolute atomic E-state index is 0.343. The molecule has 0 saturated carbocycles. The van der Waals surface area contributed by atoms with Crippen molar-refractivity contribution in [2.45, 2.75) is 20.3 Å². The van der Waals surface area contributed by atoms with Crippen molar-refractivity contribution in [2.75, 3.05) is 38.3 Å². The van der Waals surface area contributed by atoms with Crippen LogP contribution in [0.25, 0.3) is 22.3 Å². The Morgan fingerprint density at radius 3 is 2.71 bits per heavy atom. The molecule has 1 saturated heterocycles. The predicted octanol–water partition coefficient (Wildman–Crippen LogP) is 4.77. The van der Waals surface area contributed by atoms with Crippen LogP contribution in [0.15, 0.2) is 59.6 Å². The minimum atomic E-state index is -0.437. The van der Waals surface area contributed by atoms with Crippen molar-refractivity contribution >= 4 is 22.9 Å². The molecule has 0 aliphatic carbocycles. The Morgan fingerprint density at radius 1 is 1.21 bits per heavy atom. The van der Waals surface area contributed by atoms with Crippen molar-refractivity contribution in [3.05, 3.63) is 66.0 Å². The third kappa shape index (κ3) is 4.97. The number of fused-ring (bicyclic) bond motifs is 1. The summed E-state index contributed by atoms with van der Waals surface area (Å²) in [5.74, 6) is 0.0164. The predicted molar refractivity (Wildman–Crippen MR) is 133 cm³/mol. The fraction of sp³-hybridized carbons (Fsp3) is 0.308. The molecule has 8 heteroatoms. The molecule has 0 atom stereocenters. The molecule has 1 fully saturated rings. The van der Waals surface area contributed by atoms with Gasteiger partial charge < -0.3 is 14.4 Å². The van der Waals surface area contributed by atoms with Gasteiger partial charge in [0, 0.05) is 48.6 Å². The quantitative estimate of drug-likeness (QED) is 0.472. The van der Waals surface area contributed by atoms with Crippen molar-refractivity contribution < 1.29 is 13.9 Å². The molecule has 34 heavy (non-hydrogen) atoms. The molecule has 1 aromatic carbocycles. The molecule has 0 bridgehead atoms. The summed E-state index contributed by atoms with van der Waals surface area (Å²) in [7, 11) is 1.53. The maximum absolute atomic E-state index is 15.3. The summed E-state index contributed by atoms with van der Waals surface area (Å²) in [6.07, 6.45) is 6.98. The maximum Gasteiger partial charge on any atom is 0.136 e. The Labute approximate surface area is 198 Å². The first kappa shape index (κ1) is 23.5. The average Bonchev–Trinajstić information content (AvgIpc) is 2.86. The SMILES string of the molecule is C=CC=NC(Cc1cc(-c2ncnc3cc(N4CCOCC4)cnc23)c(F)cc1OC)=C(C)C. The molecule has 4 rings (SSSR count). The lowest BCUT2D eigenvalue weighted by molar-refractivity contribution is 0.122. The molecule has 1 aliphatic heterocycles. The molecule has 0 N–H and O–H groups in total. The summed E-state index contributed by atoms with van der Waals surface area (Å²) in [4.78, 5) is 20.1. The van der Waals surface area contributed by atoms with Crippen LogP contribution >= 0.6 is 0 Å². The topological polar surface area (TPSA) is 72.7 Å². The molecule has 2 aromatic heterocycles. The zero-order chi connectivity index (χ0) is 24.1. The van der Waals surface area contributed by atoms with Gasteiger partial charge in [-0.1, -0.05) is 18.2 Å². The van der Waals surface area contributed by atoms with E-state index >= 15 is 4.39 Å². The van der Waals surface area contributed by atoms with E-state index in [0.29, 0.717) is 47.7 Å². The fourth-order valence-electron chi connectivity index (χ4n) is 3.91. The molecule has 3 aromatic rings. The van der Waals surface area contributed by atoms with Gasteiger partial charge in [0.15, 0.2) is 0 Å². The highest BCUT2D eigenvalue weighted by molar-refractivity contribution is 5.90. The van der Waals surface area contributed by atoms with Gasteiger partial charge in [0.2, 0.25) is 0 Å². The monoisotopic (exact) mass is 461 g/mol. The van der Waals surface area contributed by atoms with Gasteiger partial charge in [0.1, 0.15) is 29.1 Å². The number of nitrogens with zero attached hydrogens (tertiary/aromatic N) is 5. The van der Waals surface area contributed by atoms with Crippen molar-refractivity contribution in [1.82, 2.24) is 15.0 Å². The first-order valence-electron chi connectivity index (χ1n) is 11.1. The lowest BCUT2D eigenvalue weighted by Gasteiger charge is -2.28. The van der Waals surface area contributed by atoms with E-state index in [1.165, 1.54) is 19.5 Å². The highest BCUT2D eigenvalue weighted by atomic mass is 19.1. The fourth-order valence-corrected chi connectivity index (χ4v) is 3.91. The Bertz CT molecular complexity index is 1260. The number of anilines is 1. The van der Waals surface area contributed by atoms with E-state index < -0.39 is 5.82 Å². The van der Waals surface area contributed by atoms with Gasteiger partial charge in [-0.3, -0.25) is 9.98 Å². The molecule has 3 heterocycles. The highest BCUT2D eigenvalue weighted by Gasteiger charge is 2.19. The second-order valence-corrected chi connectivity index (χ2v) is 8.16. The van der Waals surface area contributed by atoms with Crippen LogP contribution in [0.1, 0.15) is 19.4 Å². The summed E-state index contributed by atoms with van der Waals surface area (Å²) < 4.78 is 26.2. The first-order valence-corrected chi connectivity index (χ1v) is 11.1. The van der Waals surface area contributed by atoms with Crippen molar-refractivity contribution in [1.29, 1.82) is 0 Å². The average molecular weight is 462 g/mol. The molecule has 0 unspecified atom stereocenters. The molecular formula is C26H28FN5O2. The maximum atomic E-state index is 15.3. The Hall–Kier alpha value is -3.65. The molecule has 1 aliphatic rings. The van der Waals surface area contributed by atoms with Gasteiger partial charge in [-0.25, -0.2) is 14.4 Å². The second kappa shape index (κ2) is 10.5. The lowest BCUT2D eigenvalue weighted by atomic mass is 10.00. The third-order valence-electron chi connectivity index (χ3n) is 5.73. The number of benzene rings is 1. The zero-order valence-corrected chi connectivity index (χ0v) is 19.7. The van der Waals surface area contributed by atoms with E-state index in [9.17, 15) is 0 Å².